The topological polar surface area (TPSA) is 35.5 Å². The summed E-state index contributed by atoms with van der Waals surface area (Å²) in [5.41, 5.74) is 0.763. The van der Waals surface area contributed by atoms with Gasteiger partial charge >= 0.3 is 0 Å². The summed E-state index contributed by atoms with van der Waals surface area (Å²) in [4.78, 5) is 2.36. The third-order valence-corrected chi connectivity index (χ3v) is 4.48. The van der Waals surface area contributed by atoms with E-state index in [1.54, 1.807) is 6.07 Å². The molecule has 0 radical (unpaired) electrons. The van der Waals surface area contributed by atoms with E-state index in [4.69, 9.17) is 0 Å². The summed E-state index contributed by atoms with van der Waals surface area (Å²) in [7, 11) is 0. The molecule has 1 saturated heterocycles. The van der Waals surface area contributed by atoms with E-state index < -0.39 is 11.6 Å². The van der Waals surface area contributed by atoms with Crippen LogP contribution in [0.4, 0.5) is 8.78 Å². The minimum Gasteiger partial charge on any atom is -0.395 e. The summed E-state index contributed by atoms with van der Waals surface area (Å²) in [5, 5.41) is 12.6. The Labute approximate surface area is 131 Å². The Morgan fingerprint density at radius 1 is 1.32 bits per heavy atom. The maximum absolute atomic E-state index is 13.2. The minimum absolute atomic E-state index is 0.00655. The van der Waals surface area contributed by atoms with Crippen molar-refractivity contribution in [2.75, 3.05) is 26.2 Å². The fourth-order valence-corrected chi connectivity index (χ4v) is 3.05. The van der Waals surface area contributed by atoms with Gasteiger partial charge in [-0.1, -0.05) is 6.07 Å². The Hall–Kier alpha value is -1.04. The van der Waals surface area contributed by atoms with Gasteiger partial charge in [0.05, 0.1) is 6.61 Å². The van der Waals surface area contributed by atoms with Crippen molar-refractivity contribution >= 4 is 0 Å². The highest BCUT2D eigenvalue weighted by Gasteiger charge is 2.22. The van der Waals surface area contributed by atoms with Crippen LogP contribution in [0, 0.1) is 11.6 Å². The Bertz CT molecular complexity index is 470. The van der Waals surface area contributed by atoms with Crippen LogP contribution in [0.5, 0.6) is 0 Å². The first-order valence-electron chi connectivity index (χ1n) is 8.15. The Morgan fingerprint density at radius 2 is 2.14 bits per heavy atom. The van der Waals surface area contributed by atoms with Gasteiger partial charge in [-0.25, -0.2) is 8.78 Å². The summed E-state index contributed by atoms with van der Waals surface area (Å²) in [5.74, 6) is -1.60. The van der Waals surface area contributed by atoms with Gasteiger partial charge < -0.3 is 10.4 Å². The Kier molecular flexibility index (Phi) is 6.73. The van der Waals surface area contributed by atoms with Crippen LogP contribution in [-0.2, 0) is 0 Å². The first kappa shape index (κ1) is 17.3. The molecule has 3 nitrogen and oxygen atoms in total. The molecular formula is C17H26F2N2O. The van der Waals surface area contributed by atoms with Gasteiger partial charge in [0.2, 0.25) is 0 Å². The molecule has 0 bridgehead atoms. The maximum atomic E-state index is 13.2. The van der Waals surface area contributed by atoms with Gasteiger partial charge in [-0.3, -0.25) is 4.90 Å². The highest BCUT2D eigenvalue weighted by Crippen LogP contribution is 2.18. The van der Waals surface area contributed by atoms with Crippen molar-refractivity contribution in [3.05, 3.63) is 35.4 Å². The van der Waals surface area contributed by atoms with Crippen molar-refractivity contribution in [3.8, 4) is 0 Å². The zero-order valence-electron chi connectivity index (χ0n) is 13.2. The first-order chi connectivity index (χ1) is 10.6. The van der Waals surface area contributed by atoms with Crippen molar-refractivity contribution in [2.45, 2.75) is 44.7 Å². The van der Waals surface area contributed by atoms with E-state index in [1.165, 1.54) is 18.6 Å². The predicted molar refractivity (Wildman–Crippen MR) is 83.7 cm³/mol. The second-order valence-corrected chi connectivity index (χ2v) is 6.07. The molecule has 1 fully saturated rings. The molecule has 0 saturated carbocycles. The first-order valence-corrected chi connectivity index (χ1v) is 8.15. The summed E-state index contributed by atoms with van der Waals surface area (Å²) < 4.78 is 26.1. The third-order valence-electron chi connectivity index (χ3n) is 4.48. The molecule has 1 aliphatic rings. The van der Waals surface area contributed by atoms with Crippen LogP contribution >= 0.6 is 0 Å². The van der Waals surface area contributed by atoms with Crippen LogP contribution in [0.25, 0.3) is 0 Å². The highest BCUT2D eigenvalue weighted by molar-refractivity contribution is 5.20. The number of rotatable bonds is 8. The molecule has 0 spiro atoms. The molecule has 2 atom stereocenters. The lowest BCUT2D eigenvalue weighted by Crippen LogP contribution is -2.33. The molecule has 0 amide bonds. The normalized spacial score (nSPS) is 20.5. The Morgan fingerprint density at radius 3 is 2.86 bits per heavy atom. The van der Waals surface area contributed by atoms with Crippen LogP contribution in [0.15, 0.2) is 18.2 Å². The largest absolute Gasteiger partial charge is 0.395 e. The van der Waals surface area contributed by atoms with Gasteiger partial charge in [-0.2, -0.15) is 0 Å². The molecule has 2 unspecified atom stereocenters. The van der Waals surface area contributed by atoms with Crippen molar-refractivity contribution in [3.63, 3.8) is 0 Å². The molecule has 0 aliphatic carbocycles. The number of aliphatic hydroxyl groups is 1. The SMILES string of the molecule is CC(NCCCCN1CCCC1CO)c1ccc(F)c(F)c1. The molecule has 1 heterocycles. The van der Waals surface area contributed by atoms with E-state index in [1.807, 2.05) is 6.92 Å². The molecule has 0 aromatic heterocycles. The number of hydrogen-bond donors (Lipinski definition) is 2. The third kappa shape index (κ3) is 4.73. The standard InChI is InChI=1S/C17H26F2N2O/c1-13(14-6-7-16(18)17(19)11-14)20-8-2-3-9-21-10-4-5-15(21)12-22/h6-7,11,13,15,20,22H,2-5,8-10,12H2,1H3. The number of benzene rings is 1. The molecule has 1 aliphatic heterocycles. The molecule has 1 aromatic carbocycles. The van der Waals surface area contributed by atoms with Crippen molar-refractivity contribution in [1.82, 2.24) is 10.2 Å². The monoisotopic (exact) mass is 312 g/mol. The molecule has 22 heavy (non-hydrogen) atoms. The average Bonchev–Trinajstić information content (AvgIpc) is 2.97. The summed E-state index contributed by atoms with van der Waals surface area (Å²) >= 11 is 0. The molecule has 2 rings (SSSR count). The second-order valence-electron chi connectivity index (χ2n) is 6.07. The summed E-state index contributed by atoms with van der Waals surface area (Å²) in [6, 6.07) is 4.39. The number of unbranched alkanes of at least 4 members (excludes halogenated alkanes) is 1. The van der Waals surface area contributed by atoms with Gasteiger partial charge in [0.25, 0.3) is 0 Å². The van der Waals surface area contributed by atoms with E-state index in [0.717, 1.165) is 44.5 Å². The van der Waals surface area contributed by atoms with Gasteiger partial charge in [0, 0.05) is 12.1 Å². The number of hydrogen-bond acceptors (Lipinski definition) is 3. The van der Waals surface area contributed by atoms with Crippen LogP contribution in [0.3, 0.4) is 0 Å². The minimum atomic E-state index is -0.806. The van der Waals surface area contributed by atoms with E-state index in [-0.39, 0.29) is 12.6 Å². The van der Waals surface area contributed by atoms with Crippen molar-refractivity contribution < 1.29 is 13.9 Å². The number of likely N-dealkylation sites (tertiary alicyclic amines) is 1. The zero-order valence-corrected chi connectivity index (χ0v) is 13.2. The van der Waals surface area contributed by atoms with Crippen LogP contribution in [0.1, 0.15) is 44.2 Å². The van der Waals surface area contributed by atoms with E-state index in [9.17, 15) is 13.9 Å². The number of aliphatic hydroxyl groups excluding tert-OH is 1. The number of nitrogens with zero attached hydrogens (tertiary/aromatic N) is 1. The quantitative estimate of drug-likeness (QED) is 0.725. The van der Waals surface area contributed by atoms with Crippen LogP contribution < -0.4 is 5.32 Å². The molecule has 5 heteroatoms. The lowest BCUT2D eigenvalue weighted by Gasteiger charge is -2.22. The predicted octanol–water partition coefficient (Wildman–Crippen LogP) is 2.85. The van der Waals surface area contributed by atoms with E-state index in [2.05, 4.69) is 10.2 Å². The van der Waals surface area contributed by atoms with E-state index >= 15 is 0 Å². The molecule has 2 N–H and O–H groups in total. The fourth-order valence-electron chi connectivity index (χ4n) is 3.05. The smallest absolute Gasteiger partial charge is 0.159 e. The fraction of sp³-hybridized carbons (Fsp3) is 0.647. The molecule has 124 valence electrons. The summed E-state index contributed by atoms with van der Waals surface area (Å²) in [6.45, 7) is 5.16. The zero-order chi connectivity index (χ0) is 15.9. The molecule has 1 aromatic rings. The van der Waals surface area contributed by atoms with E-state index in [0.29, 0.717) is 6.04 Å². The highest BCUT2D eigenvalue weighted by atomic mass is 19.2. The second kappa shape index (κ2) is 8.56. The number of halogens is 2. The van der Waals surface area contributed by atoms with Gasteiger partial charge in [-0.15, -0.1) is 0 Å². The lowest BCUT2D eigenvalue weighted by molar-refractivity contribution is 0.157. The van der Waals surface area contributed by atoms with Crippen molar-refractivity contribution in [1.29, 1.82) is 0 Å². The van der Waals surface area contributed by atoms with Crippen LogP contribution in [-0.4, -0.2) is 42.3 Å². The number of nitrogens with one attached hydrogen (secondary N) is 1. The molecular weight excluding hydrogens is 286 g/mol. The van der Waals surface area contributed by atoms with Crippen LogP contribution in [0.2, 0.25) is 0 Å². The van der Waals surface area contributed by atoms with Gasteiger partial charge in [-0.05, 0) is 69.9 Å². The summed E-state index contributed by atoms with van der Waals surface area (Å²) in [6.07, 6.45) is 4.38. The maximum Gasteiger partial charge on any atom is 0.159 e. The Balaban J connectivity index is 1.64. The average molecular weight is 312 g/mol. The van der Waals surface area contributed by atoms with Gasteiger partial charge in [0.1, 0.15) is 0 Å². The van der Waals surface area contributed by atoms with Gasteiger partial charge in [0.15, 0.2) is 11.6 Å². The van der Waals surface area contributed by atoms with Crippen molar-refractivity contribution in [2.24, 2.45) is 0 Å². The lowest BCUT2D eigenvalue weighted by atomic mass is 10.1.